The highest BCUT2D eigenvalue weighted by molar-refractivity contribution is 5.93. The monoisotopic (exact) mass is 295 g/mol. The van der Waals surface area contributed by atoms with E-state index in [1.165, 1.54) is 19.3 Å². The van der Waals surface area contributed by atoms with E-state index in [1.807, 2.05) is 35.1 Å². The molecule has 1 aromatic carbocycles. The zero-order valence-corrected chi connectivity index (χ0v) is 12.6. The number of anilines is 1. The number of carbonyl (C=O) groups is 1. The third-order valence-electron chi connectivity index (χ3n) is 5.17. The first-order valence-electron chi connectivity index (χ1n) is 8.15. The minimum absolute atomic E-state index is 0.212. The van der Waals surface area contributed by atoms with Gasteiger partial charge >= 0.3 is 0 Å². The fourth-order valence-electron chi connectivity index (χ4n) is 4.13. The molecule has 2 aromatic rings. The Morgan fingerprint density at radius 1 is 1.27 bits per heavy atom. The molecule has 0 saturated heterocycles. The van der Waals surface area contributed by atoms with Gasteiger partial charge in [-0.2, -0.15) is 5.10 Å². The molecule has 1 N–H and O–H groups in total. The van der Waals surface area contributed by atoms with Crippen LogP contribution in [-0.4, -0.2) is 15.7 Å². The van der Waals surface area contributed by atoms with E-state index >= 15 is 0 Å². The lowest BCUT2D eigenvalue weighted by atomic mass is 9.88. The number of rotatable bonds is 4. The van der Waals surface area contributed by atoms with Gasteiger partial charge in [-0.25, -0.2) is 0 Å². The van der Waals surface area contributed by atoms with Gasteiger partial charge in [0, 0.05) is 24.0 Å². The minimum atomic E-state index is 0.212. The summed E-state index contributed by atoms with van der Waals surface area (Å²) in [7, 11) is 0. The van der Waals surface area contributed by atoms with E-state index in [9.17, 15) is 4.79 Å². The molecule has 0 unspecified atom stereocenters. The molecule has 0 radical (unpaired) electrons. The molecule has 1 amide bonds. The second-order valence-electron chi connectivity index (χ2n) is 6.67. The van der Waals surface area contributed by atoms with Crippen molar-refractivity contribution < 1.29 is 4.79 Å². The van der Waals surface area contributed by atoms with E-state index in [0.29, 0.717) is 5.92 Å². The number of aromatic nitrogens is 2. The second-order valence-corrected chi connectivity index (χ2v) is 6.67. The average molecular weight is 295 g/mol. The van der Waals surface area contributed by atoms with E-state index in [-0.39, 0.29) is 11.8 Å². The summed E-state index contributed by atoms with van der Waals surface area (Å²) in [5.41, 5.74) is 2.05. The molecule has 2 aliphatic rings. The summed E-state index contributed by atoms with van der Waals surface area (Å²) >= 11 is 0. The predicted molar refractivity (Wildman–Crippen MR) is 85.3 cm³/mol. The van der Waals surface area contributed by atoms with Crippen LogP contribution in [0.3, 0.4) is 0 Å². The topological polar surface area (TPSA) is 46.9 Å². The summed E-state index contributed by atoms with van der Waals surface area (Å²) < 4.78 is 1.89. The molecule has 1 aromatic heterocycles. The van der Waals surface area contributed by atoms with Crippen LogP contribution in [0.5, 0.6) is 0 Å². The summed E-state index contributed by atoms with van der Waals surface area (Å²) in [5.74, 6) is 1.86. The Kier molecular flexibility index (Phi) is 3.45. The van der Waals surface area contributed by atoms with Crippen LogP contribution in [0.2, 0.25) is 0 Å². The summed E-state index contributed by atoms with van der Waals surface area (Å²) in [5, 5.41) is 7.34. The number of hydrogen-bond acceptors (Lipinski definition) is 2. The predicted octanol–water partition coefficient (Wildman–Crippen LogP) is 3.31. The van der Waals surface area contributed by atoms with E-state index in [4.69, 9.17) is 0 Å². The Hall–Kier alpha value is -2.10. The first-order valence-corrected chi connectivity index (χ1v) is 8.15. The van der Waals surface area contributed by atoms with Gasteiger partial charge in [-0.1, -0.05) is 18.6 Å². The number of nitrogens with one attached hydrogen (secondary N) is 1. The van der Waals surface area contributed by atoms with Crippen molar-refractivity contribution in [2.75, 3.05) is 5.32 Å². The zero-order valence-electron chi connectivity index (χ0n) is 12.6. The van der Waals surface area contributed by atoms with Gasteiger partial charge in [-0.3, -0.25) is 9.48 Å². The van der Waals surface area contributed by atoms with Gasteiger partial charge in [0.05, 0.1) is 6.54 Å². The molecule has 2 aliphatic carbocycles. The van der Waals surface area contributed by atoms with Gasteiger partial charge < -0.3 is 5.32 Å². The molecule has 0 aliphatic heterocycles. The Bertz CT molecular complexity index is 665. The lowest BCUT2D eigenvalue weighted by molar-refractivity contribution is -0.121. The lowest BCUT2D eigenvalue weighted by Gasteiger charge is -2.21. The molecule has 2 bridgehead atoms. The number of carbonyl (C=O) groups excluding carboxylic acids is 1. The largest absolute Gasteiger partial charge is 0.326 e. The van der Waals surface area contributed by atoms with Crippen molar-refractivity contribution in [2.45, 2.75) is 32.2 Å². The van der Waals surface area contributed by atoms with E-state index in [2.05, 4.69) is 16.5 Å². The highest BCUT2D eigenvalue weighted by atomic mass is 16.1. The van der Waals surface area contributed by atoms with Crippen LogP contribution in [-0.2, 0) is 11.3 Å². The van der Waals surface area contributed by atoms with Gasteiger partial charge in [-0.15, -0.1) is 0 Å². The highest BCUT2D eigenvalue weighted by Gasteiger charge is 2.42. The normalized spacial score (nSPS) is 26.3. The van der Waals surface area contributed by atoms with Crippen molar-refractivity contribution in [2.24, 2.45) is 17.8 Å². The molecular formula is C18H21N3O. The van der Waals surface area contributed by atoms with Gasteiger partial charge in [-0.05, 0) is 54.9 Å². The van der Waals surface area contributed by atoms with Crippen molar-refractivity contribution in [3.8, 4) is 0 Å². The number of hydrogen-bond donors (Lipinski definition) is 1. The summed E-state index contributed by atoms with van der Waals surface area (Å²) in [4.78, 5) is 12.5. The molecular weight excluding hydrogens is 274 g/mol. The third kappa shape index (κ3) is 2.65. The van der Waals surface area contributed by atoms with Crippen LogP contribution in [0.15, 0.2) is 42.7 Å². The summed E-state index contributed by atoms with van der Waals surface area (Å²) in [6.07, 6.45) is 8.64. The van der Waals surface area contributed by atoms with Crippen LogP contribution >= 0.6 is 0 Å². The lowest BCUT2D eigenvalue weighted by Crippen LogP contribution is -2.27. The molecule has 2 saturated carbocycles. The number of amides is 1. The maximum Gasteiger partial charge on any atom is 0.227 e. The fourth-order valence-corrected chi connectivity index (χ4v) is 4.13. The molecule has 4 nitrogen and oxygen atoms in total. The first kappa shape index (κ1) is 13.6. The molecule has 22 heavy (non-hydrogen) atoms. The Labute approximate surface area is 130 Å². The quantitative estimate of drug-likeness (QED) is 0.940. The summed E-state index contributed by atoms with van der Waals surface area (Å²) in [6.45, 7) is 0.727. The van der Waals surface area contributed by atoms with Gasteiger partial charge in [0.1, 0.15) is 0 Å². The first-order chi connectivity index (χ1) is 10.8. The number of benzene rings is 1. The molecule has 0 spiro atoms. The van der Waals surface area contributed by atoms with Gasteiger partial charge in [0.15, 0.2) is 0 Å². The summed E-state index contributed by atoms with van der Waals surface area (Å²) in [6, 6.07) is 10.00. The maximum atomic E-state index is 12.5. The Morgan fingerprint density at radius 2 is 2.23 bits per heavy atom. The molecule has 4 rings (SSSR count). The Morgan fingerprint density at radius 3 is 2.95 bits per heavy atom. The van der Waals surface area contributed by atoms with E-state index in [0.717, 1.165) is 30.1 Å². The fraction of sp³-hybridized carbons (Fsp3) is 0.444. The molecule has 3 atom stereocenters. The van der Waals surface area contributed by atoms with Crippen LogP contribution in [0.25, 0.3) is 0 Å². The van der Waals surface area contributed by atoms with Crippen LogP contribution in [0.4, 0.5) is 5.69 Å². The van der Waals surface area contributed by atoms with Crippen LogP contribution < -0.4 is 5.32 Å². The zero-order chi connectivity index (χ0) is 14.9. The molecule has 2 fully saturated rings. The van der Waals surface area contributed by atoms with Crippen molar-refractivity contribution in [1.82, 2.24) is 9.78 Å². The smallest absolute Gasteiger partial charge is 0.227 e. The standard InChI is InChI=1S/C18H21N3O/c22-18(17-11-13-5-6-15(17)9-13)20-16-4-1-3-14(10-16)12-21-8-2-7-19-21/h1-4,7-8,10,13,15,17H,5-6,9,11-12H2,(H,20,22)/t13-,15-,17-/m0/s1. The maximum absolute atomic E-state index is 12.5. The SMILES string of the molecule is O=C(Nc1cccc(Cn2cccn2)c1)[C@H]1C[C@H]2CC[C@H]1C2. The van der Waals surface area contributed by atoms with Crippen LogP contribution in [0, 0.1) is 17.8 Å². The minimum Gasteiger partial charge on any atom is -0.326 e. The average Bonchev–Trinajstić information content (AvgIpc) is 3.25. The highest BCUT2D eigenvalue weighted by Crippen LogP contribution is 2.48. The number of nitrogens with zero attached hydrogens (tertiary/aromatic N) is 2. The van der Waals surface area contributed by atoms with Gasteiger partial charge in [0.2, 0.25) is 5.91 Å². The van der Waals surface area contributed by atoms with E-state index < -0.39 is 0 Å². The second kappa shape index (κ2) is 5.59. The molecule has 114 valence electrons. The Balaban J connectivity index is 1.43. The van der Waals surface area contributed by atoms with Gasteiger partial charge in [0.25, 0.3) is 0 Å². The third-order valence-corrected chi connectivity index (χ3v) is 5.17. The van der Waals surface area contributed by atoms with Crippen molar-refractivity contribution in [3.05, 3.63) is 48.3 Å². The molecule has 1 heterocycles. The van der Waals surface area contributed by atoms with Crippen molar-refractivity contribution in [3.63, 3.8) is 0 Å². The van der Waals surface area contributed by atoms with E-state index in [1.54, 1.807) is 6.20 Å². The molecule has 4 heteroatoms. The van der Waals surface area contributed by atoms with Crippen LogP contribution in [0.1, 0.15) is 31.2 Å². The van der Waals surface area contributed by atoms with Crippen molar-refractivity contribution in [1.29, 1.82) is 0 Å². The van der Waals surface area contributed by atoms with Crippen molar-refractivity contribution >= 4 is 11.6 Å². The number of fused-ring (bicyclic) bond motifs is 2.